The first-order valence-corrected chi connectivity index (χ1v) is 10.7. The van der Waals surface area contributed by atoms with Crippen LogP contribution >= 0.6 is 27.5 Å². The van der Waals surface area contributed by atoms with Crippen LogP contribution < -0.4 is 15.2 Å². The van der Waals surface area contributed by atoms with Crippen molar-refractivity contribution in [3.63, 3.8) is 0 Å². The fourth-order valence-corrected chi connectivity index (χ4v) is 5.05. The summed E-state index contributed by atoms with van der Waals surface area (Å²) in [5, 5.41) is 7.88. The third-order valence-electron chi connectivity index (χ3n) is 3.41. The average Bonchev–Trinajstić information content (AvgIpc) is 2.45. The molecule has 0 saturated heterocycles. The molecule has 1 unspecified atom stereocenters. The molecule has 128 valence electrons. The molecule has 1 atom stereocenters. The van der Waals surface area contributed by atoms with Crippen LogP contribution in [0, 0.1) is 0 Å². The summed E-state index contributed by atoms with van der Waals surface area (Å²) >= 11 is 9.24. The minimum Gasteiger partial charge on any atom is -0.364 e. The van der Waals surface area contributed by atoms with Crippen molar-refractivity contribution in [1.82, 2.24) is 4.72 Å². The zero-order valence-corrected chi connectivity index (χ0v) is 15.8. The van der Waals surface area contributed by atoms with Gasteiger partial charge in [0.2, 0.25) is 20.0 Å². The zero-order valence-electron chi connectivity index (χ0n) is 11.8. The monoisotopic (exact) mass is 451 g/mol. The lowest BCUT2D eigenvalue weighted by Gasteiger charge is -2.29. The number of benzene rings is 2. The van der Waals surface area contributed by atoms with E-state index in [9.17, 15) is 16.8 Å². The Hall–Kier alpha value is -1.17. The van der Waals surface area contributed by atoms with Crippen molar-refractivity contribution in [3.05, 3.63) is 51.5 Å². The fourth-order valence-electron chi connectivity index (χ4n) is 2.30. The van der Waals surface area contributed by atoms with Crippen LogP contribution in [0.15, 0.2) is 50.7 Å². The number of halogens is 2. The van der Waals surface area contributed by atoms with Crippen molar-refractivity contribution >= 4 is 53.3 Å². The summed E-state index contributed by atoms with van der Waals surface area (Å²) in [4.78, 5) is -0.679. The summed E-state index contributed by atoms with van der Waals surface area (Å²) in [5.74, 6) is 0. The summed E-state index contributed by atoms with van der Waals surface area (Å²) in [7, 11) is -8.10. The number of rotatable bonds is 2. The predicted molar refractivity (Wildman–Crippen MR) is 93.7 cm³/mol. The van der Waals surface area contributed by atoms with Gasteiger partial charge in [-0.3, -0.25) is 0 Å². The van der Waals surface area contributed by atoms with Crippen LogP contribution in [0.4, 0.5) is 5.69 Å². The van der Waals surface area contributed by atoms with E-state index in [1.807, 2.05) is 0 Å². The van der Waals surface area contributed by atoms with E-state index in [1.165, 1.54) is 6.07 Å². The van der Waals surface area contributed by atoms with Gasteiger partial charge in [0, 0.05) is 4.47 Å². The van der Waals surface area contributed by atoms with Gasteiger partial charge in [0.05, 0.1) is 10.7 Å². The van der Waals surface area contributed by atoms with E-state index in [0.717, 1.165) is 10.5 Å². The molecule has 1 heterocycles. The molecule has 0 radical (unpaired) electrons. The molecule has 11 heteroatoms. The lowest BCUT2D eigenvalue weighted by molar-refractivity contribution is 0.562. The van der Waals surface area contributed by atoms with Gasteiger partial charge in [0.25, 0.3) is 0 Å². The molecule has 0 aromatic heterocycles. The Balaban J connectivity index is 2.12. The first-order valence-electron chi connectivity index (χ1n) is 6.48. The van der Waals surface area contributed by atoms with Crippen LogP contribution in [0.3, 0.4) is 0 Å². The highest BCUT2D eigenvalue weighted by Gasteiger charge is 2.32. The molecule has 2 aromatic rings. The number of nitrogens with two attached hydrogens (primary N) is 1. The molecule has 3 rings (SSSR count). The van der Waals surface area contributed by atoms with Gasteiger partial charge in [0.1, 0.15) is 16.0 Å². The second-order valence-corrected chi connectivity index (χ2v) is 9.61. The largest absolute Gasteiger partial charge is 0.364 e. The van der Waals surface area contributed by atoms with Crippen molar-refractivity contribution in [2.24, 2.45) is 5.14 Å². The molecule has 0 bridgehead atoms. The SMILES string of the molecule is NS(=O)(=O)c1cc2c(cc1Cl)NC(c1ccc(Br)cc1)NS2(=O)=O. The van der Waals surface area contributed by atoms with Gasteiger partial charge in [0.15, 0.2) is 0 Å². The Morgan fingerprint density at radius 1 is 1.17 bits per heavy atom. The van der Waals surface area contributed by atoms with Gasteiger partial charge in [-0.2, -0.15) is 4.72 Å². The molecule has 24 heavy (non-hydrogen) atoms. The average molecular weight is 453 g/mol. The normalized spacial score (nSPS) is 19.4. The molecule has 1 aliphatic rings. The summed E-state index contributed by atoms with van der Waals surface area (Å²) in [6.07, 6.45) is -0.716. The highest BCUT2D eigenvalue weighted by Crippen LogP contribution is 2.36. The molecule has 7 nitrogen and oxygen atoms in total. The number of nitrogens with one attached hydrogen (secondary N) is 2. The van der Waals surface area contributed by atoms with Crippen LogP contribution in [0.5, 0.6) is 0 Å². The van der Waals surface area contributed by atoms with Crippen molar-refractivity contribution in [2.45, 2.75) is 16.0 Å². The standard InChI is InChI=1S/C13H11BrClN3O4S2/c14-8-3-1-7(2-4-8)13-17-10-5-9(15)11(23(16,19)20)6-12(10)24(21,22)18-13/h1-6,13,17-18H,(H2,16,19,20). The summed E-state index contributed by atoms with van der Waals surface area (Å²) in [6.45, 7) is 0. The first-order chi connectivity index (χ1) is 11.1. The predicted octanol–water partition coefficient (Wildman–Crippen LogP) is 2.15. The molecule has 2 aromatic carbocycles. The summed E-state index contributed by atoms with van der Waals surface area (Å²) < 4.78 is 51.3. The van der Waals surface area contributed by atoms with Gasteiger partial charge in [-0.1, -0.05) is 39.7 Å². The quantitative estimate of drug-likeness (QED) is 0.645. The smallest absolute Gasteiger partial charge is 0.244 e. The molecule has 0 spiro atoms. The minimum absolute atomic E-state index is 0.157. The van der Waals surface area contributed by atoms with Gasteiger partial charge in [-0.15, -0.1) is 0 Å². The Morgan fingerprint density at radius 3 is 2.38 bits per heavy atom. The van der Waals surface area contributed by atoms with Crippen LogP contribution in [-0.2, 0) is 20.0 Å². The third kappa shape index (κ3) is 3.30. The van der Waals surface area contributed by atoms with Crippen LogP contribution in [-0.4, -0.2) is 16.8 Å². The number of anilines is 1. The maximum Gasteiger partial charge on any atom is 0.244 e. The van der Waals surface area contributed by atoms with Crippen LogP contribution in [0.2, 0.25) is 5.02 Å². The van der Waals surface area contributed by atoms with E-state index in [4.69, 9.17) is 16.7 Å². The van der Waals surface area contributed by atoms with E-state index in [2.05, 4.69) is 26.0 Å². The summed E-state index contributed by atoms with van der Waals surface area (Å²) in [5.41, 5.74) is 0.873. The molecule has 0 amide bonds. The van der Waals surface area contributed by atoms with E-state index in [-0.39, 0.29) is 15.6 Å². The fraction of sp³-hybridized carbons (Fsp3) is 0.0769. The maximum atomic E-state index is 12.5. The van der Waals surface area contributed by atoms with Crippen LogP contribution in [0.1, 0.15) is 11.7 Å². The minimum atomic E-state index is -4.14. The van der Waals surface area contributed by atoms with Gasteiger partial charge < -0.3 is 5.32 Å². The molecule has 1 aliphatic heterocycles. The second-order valence-electron chi connectivity index (χ2n) is 5.07. The lowest BCUT2D eigenvalue weighted by Crippen LogP contribution is -2.38. The summed E-state index contributed by atoms with van der Waals surface area (Å²) in [6, 6.07) is 9.22. The molecule has 0 aliphatic carbocycles. The van der Waals surface area contributed by atoms with Crippen LogP contribution in [0.25, 0.3) is 0 Å². The molecular weight excluding hydrogens is 442 g/mol. The zero-order chi connectivity index (χ0) is 17.7. The van der Waals surface area contributed by atoms with Crippen molar-refractivity contribution in [2.75, 3.05) is 5.32 Å². The molecule has 0 saturated carbocycles. The van der Waals surface area contributed by atoms with E-state index >= 15 is 0 Å². The topological polar surface area (TPSA) is 118 Å². The van der Waals surface area contributed by atoms with Gasteiger partial charge >= 0.3 is 0 Å². The van der Waals surface area contributed by atoms with Crippen molar-refractivity contribution in [3.8, 4) is 0 Å². The van der Waals surface area contributed by atoms with Gasteiger partial charge in [-0.25, -0.2) is 22.0 Å². The lowest BCUT2D eigenvalue weighted by atomic mass is 10.1. The van der Waals surface area contributed by atoms with Crippen molar-refractivity contribution < 1.29 is 16.8 Å². The number of hydrogen-bond acceptors (Lipinski definition) is 5. The number of primary sulfonamides is 1. The first kappa shape index (κ1) is 17.6. The van der Waals surface area contributed by atoms with Crippen molar-refractivity contribution in [1.29, 1.82) is 0 Å². The number of sulfonamides is 2. The molecule has 4 N–H and O–H groups in total. The van der Waals surface area contributed by atoms with E-state index in [0.29, 0.717) is 5.56 Å². The molecule has 0 fully saturated rings. The van der Waals surface area contributed by atoms with E-state index in [1.54, 1.807) is 24.3 Å². The highest BCUT2D eigenvalue weighted by atomic mass is 79.9. The Morgan fingerprint density at radius 2 is 1.79 bits per heavy atom. The van der Waals surface area contributed by atoms with E-state index < -0.39 is 31.1 Å². The number of hydrogen-bond donors (Lipinski definition) is 3. The third-order valence-corrected chi connectivity index (χ3v) is 6.77. The van der Waals surface area contributed by atoms with Gasteiger partial charge in [-0.05, 0) is 29.8 Å². The maximum absolute atomic E-state index is 12.5. The number of fused-ring (bicyclic) bond motifs is 1. The second kappa shape index (κ2) is 5.97. The Bertz CT molecular complexity index is 1020. The highest BCUT2D eigenvalue weighted by molar-refractivity contribution is 9.10. The Kier molecular flexibility index (Phi) is 4.39. The molecular formula is C13H11BrClN3O4S2. The Labute approximate surface area is 152 Å².